The summed E-state index contributed by atoms with van der Waals surface area (Å²) in [6.45, 7) is 2.67. The number of ether oxygens (including phenoxy) is 1. The van der Waals surface area contributed by atoms with E-state index in [1.807, 2.05) is 67.6 Å². The van der Waals surface area contributed by atoms with E-state index in [1.54, 1.807) is 6.07 Å². The molecule has 1 atom stereocenters. The van der Waals surface area contributed by atoms with E-state index in [9.17, 15) is 13.2 Å². The lowest BCUT2D eigenvalue weighted by Gasteiger charge is -2.20. The Morgan fingerprint density at radius 3 is 2.25 bits per heavy atom. The zero-order chi connectivity index (χ0) is 23.1. The van der Waals surface area contributed by atoms with E-state index in [-0.39, 0.29) is 34.6 Å². The standard InChI is InChI=1S/C25H28N2O4S/c1-19(21-12-8-5-9-13-21)17-26-25(28)22-14-15-23(31-3)24(16-22)32(29,30)27(2)18-20-10-6-4-7-11-20/h4-16,19H,17-18H2,1-3H3,(H,26,28). The van der Waals surface area contributed by atoms with Crippen molar-refractivity contribution in [3.63, 3.8) is 0 Å². The molecule has 0 spiro atoms. The molecule has 1 N–H and O–H groups in total. The minimum Gasteiger partial charge on any atom is -0.495 e. The van der Waals surface area contributed by atoms with Crippen molar-refractivity contribution in [3.8, 4) is 5.75 Å². The fourth-order valence-corrected chi connectivity index (χ4v) is 4.70. The number of methoxy groups -OCH3 is 1. The predicted octanol–water partition coefficient (Wildman–Crippen LogP) is 4.05. The Labute approximate surface area is 189 Å². The van der Waals surface area contributed by atoms with Crippen molar-refractivity contribution >= 4 is 15.9 Å². The van der Waals surface area contributed by atoms with E-state index < -0.39 is 10.0 Å². The molecule has 3 rings (SSSR count). The highest BCUT2D eigenvalue weighted by molar-refractivity contribution is 7.89. The number of carbonyl (C=O) groups excluding carboxylic acids is 1. The molecule has 3 aromatic rings. The largest absolute Gasteiger partial charge is 0.495 e. The summed E-state index contributed by atoms with van der Waals surface area (Å²) >= 11 is 0. The fourth-order valence-electron chi connectivity index (χ4n) is 3.36. The van der Waals surface area contributed by atoms with Crippen LogP contribution in [0.25, 0.3) is 0 Å². The zero-order valence-corrected chi connectivity index (χ0v) is 19.3. The van der Waals surface area contributed by atoms with E-state index >= 15 is 0 Å². The second-order valence-electron chi connectivity index (χ2n) is 7.63. The Hall–Kier alpha value is -3.16. The van der Waals surface area contributed by atoms with Gasteiger partial charge in [-0.25, -0.2) is 8.42 Å². The summed E-state index contributed by atoms with van der Waals surface area (Å²) in [6, 6.07) is 23.7. The van der Waals surface area contributed by atoms with Crippen LogP contribution in [0.5, 0.6) is 5.75 Å². The van der Waals surface area contributed by atoms with Crippen molar-refractivity contribution in [2.75, 3.05) is 20.7 Å². The maximum Gasteiger partial charge on any atom is 0.251 e. The van der Waals surface area contributed by atoms with Crippen LogP contribution in [0.2, 0.25) is 0 Å². The first-order chi connectivity index (χ1) is 15.3. The van der Waals surface area contributed by atoms with E-state index in [2.05, 4.69) is 5.32 Å². The Balaban J connectivity index is 1.79. The van der Waals surface area contributed by atoms with Gasteiger partial charge >= 0.3 is 0 Å². The molecule has 0 radical (unpaired) electrons. The minimum atomic E-state index is -3.88. The molecule has 0 saturated heterocycles. The van der Waals surface area contributed by atoms with Crippen molar-refractivity contribution in [2.45, 2.75) is 24.3 Å². The predicted molar refractivity (Wildman–Crippen MR) is 125 cm³/mol. The van der Waals surface area contributed by atoms with Crippen molar-refractivity contribution in [1.82, 2.24) is 9.62 Å². The number of nitrogens with one attached hydrogen (secondary N) is 1. The number of nitrogens with zero attached hydrogens (tertiary/aromatic N) is 1. The van der Waals surface area contributed by atoms with Crippen LogP contribution >= 0.6 is 0 Å². The summed E-state index contributed by atoms with van der Waals surface area (Å²) in [6.07, 6.45) is 0. The lowest BCUT2D eigenvalue weighted by molar-refractivity contribution is 0.0951. The molecular weight excluding hydrogens is 424 g/mol. The average Bonchev–Trinajstić information content (AvgIpc) is 2.83. The van der Waals surface area contributed by atoms with Crippen LogP contribution in [0.1, 0.15) is 34.3 Å². The Morgan fingerprint density at radius 2 is 1.62 bits per heavy atom. The number of benzene rings is 3. The summed E-state index contributed by atoms with van der Waals surface area (Å²) in [7, 11) is -0.962. The number of amides is 1. The smallest absolute Gasteiger partial charge is 0.251 e. The third-order valence-corrected chi connectivity index (χ3v) is 7.12. The molecule has 0 aliphatic heterocycles. The van der Waals surface area contributed by atoms with Gasteiger partial charge < -0.3 is 10.1 Å². The molecule has 6 nitrogen and oxygen atoms in total. The molecule has 0 bridgehead atoms. The van der Waals surface area contributed by atoms with Crippen LogP contribution in [0, 0.1) is 0 Å². The van der Waals surface area contributed by atoms with Gasteiger partial charge in [0.25, 0.3) is 5.91 Å². The molecule has 0 saturated carbocycles. The number of carbonyl (C=O) groups is 1. The van der Waals surface area contributed by atoms with Crippen LogP contribution in [0.3, 0.4) is 0 Å². The van der Waals surface area contributed by atoms with Crippen LogP contribution < -0.4 is 10.1 Å². The van der Waals surface area contributed by atoms with Crippen molar-refractivity contribution < 1.29 is 17.9 Å². The van der Waals surface area contributed by atoms with Gasteiger partial charge in [-0.15, -0.1) is 0 Å². The van der Waals surface area contributed by atoms with Crippen molar-refractivity contribution in [3.05, 3.63) is 95.6 Å². The number of rotatable bonds is 9. The van der Waals surface area contributed by atoms with Gasteiger partial charge in [-0.1, -0.05) is 67.6 Å². The average molecular weight is 453 g/mol. The molecule has 1 amide bonds. The Kier molecular flexibility index (Phi) is 7.66. The summed E-state index contributed by atoms with van der Waals surface area (Å²) in [4.78, 5) is 12.7. The van der Waals surface area contributed by atoms with Gasteiger partial charge in [-0.05, 0) is 35.2 Å². The van der Waals surface area contributed by atoms with Crippen LogP contribution in [-0.2, 0) is 16.6 Å². The van der Waals surface area contributed by atoms with E-state index in [0.29, 0.717) is 6.54 Å². The summed E-state index contributed by atoms with van der Waals surface area (Å²) in [5, 5.41) is 2.89. The molecule has 7 heteroatoms. The third kappa shape index (κ3) is 5.55. The van der Waals surface area contributed by atoms with Gasteiger partial charge in [0, 0.05) is 25.7 Å². The fraction of sp³-hybridized carbons (Fsp3) is 0.240. The molecule has 0 fully saturated rings. The molecule has 1 unspecified atom stereocenters. The van der Waals surface area contributed by atoms with Crippen molar-refractivity contribution in [1.29, 1.82) is 0 Å². The highest BCUT2D eigenvalue weighted by Gasteiger charge is 2.26. The van der Waals surface area contributed by atoms with Gasteiger partial charge in [0.05, 0.1) is 7.11 Å². The molecular formula is C25H28N2O4S. The van der Waals surface area contributed by atoms with E-state index in [0.717, 1.165) is 11.1 Å². The van der Waals surface area contributed by atoms with Crippen molar-refractivity contribution in [2.24, 2.45) is 0 Å². The maximum atomic E-state index is 13.3. The number of hydrogen-bond acceptors (Lipinski definition) is 4. The topological polar surface area (TPSA) is 75.7 Å². The Morgan fingerprint density at radius 1 is 1.00 bits per heavy atom. The molecule has 0 aliphatic rings. The summed E-state index contributed by atoms with van der Waals surface area (Å²) in [5.74, 6) is -0.0182. The molecule has 32 heavy (non-hydrogen) atoms. The monoisotopic (exact) mass is 452 g/mol. The number of sulfonamides is 1. The highest BCUT2D eigenvalue weighted by atomic mass is 32.2. The first-order valence-electron chi connectivity index (χ1n) is 10.3. The van der Waals surface area contributed by atoms with E-state index in [4.69, 9.17) is 4.74 Å². The normalized spacial score (nSPS) is 12.4. The van der Waals surface area contributed by atoms with Gasteiger partial charge in [-0.2, -0.15) is 4.31 Å². The first kappa shape index (κ1) is 23.5. The van der Waals surface area contributed by atoms with Gasteiger partial charge in [0.15, 0.2) is 0 Å². The summed E-state index contributed by atoms with van der Waals surface area (Å²) in [5.41, 5.74) is 2.24. The Bertz CT molecular complexity index is 1150. The highest BCUT2D eigenvalue weighted by Crippen LogP contribution is 2.28. The van der Waals surface area contributed by atoms with Gasteiger partial charge in [-0.3, -0.25) is 4.79 Å². The molecule has 0 aromatic heterocycles. The summed E-state index contributed by atoms with van der Waals surface area (Å²) < 4.78 is 33.0. The van der Waals surface area contributed by atoms with Gasteiger partial charge in [0.2, 0.25) is 10.0 Å². The lowest BCUT2D eigenvalue weighted by atomic mass is 10.0. The first-order valence-corrected chi connectivity index (χ1v) is 11.8. The lowest BCUT2D eigenvalue weighted by Crippen LogP contribution is -2.29. The van der Waals surface area contributed by atoms with Crippen LogP contribution in [-0.4, -0.2) is 39.3 Å². The quantitative estimate of drug-likeness (QED) is 0.531. The third-order valence-electron chi connectivity index (χ3n) is 5.30. The van der Waals surface area contributed by atoms with E-state index in [1.165, 1.54) is 30.6 Å². The molecule has 168 valence electrons. The van der Waals surface area contributed by atoms with Crippen LogP contribution in [0.4, 0.5) is 0 Å². The molecule has 0 aliphatic carbocycles. The van der Waals surface area contributed by atoms with Gasteiger partial charge in [0.1, 0.15) is 10.6 Å². The second kappa shape index (κ2) is 10.4. The number of hydrogen-bond donors (Lipinski definition) is 1. The van der Waals surface area contributed by atoms with Crippen LogP contribution in [0.15, 0.2) is 83.8 Å². The SMILES string of the molecule is COc1ccc(C(=O)NCC(C)c2ccccc2)cc1S(=O)(=O)N(C)Cc1ccccc1. The minimum absolute atomic E-state index is 0.0396. The maximum absolute atomic E-state index is 13.3. The molecule has 3 aromatic carbocycles. The molecule has 0 heterocycles. The zero-order valence-electron chi connectivity index (χ0n) is 18.5. The second-order valence-corrected chi connectivity index (χ2v) is 9.65.